The summed E-state index contributed by atoms with van der Waals surface area (Å²) in [5, 5.41) is 4.84. The number of anilines is 1. The summed E-state index contributed by atoms with van der Waals surface area (Å²) in [4.78, 5) is 28.5. The average molecular weight is 399 g/mol. The molecule has 1 heterocycles. The van der Waals surface area contributed by atoms with Gasteiger partial charge in [0, 0.05) is 18.3 Å². The van der Waals surface area contributed by atoms with Gasteiger partial charge < -0.3 is 10.6 Å². The third-order valence-electron chi connectivity index (χ3n) is 4.07. The molecule has 0 aliphatic carbocycles. The lowest BCUT2D eigenvalue weighted by Crippen LogP contribution is -2.24. The van der Waals surface area contributed by atoms with Crippen LogP contribution in [0.5, 0.6) is 0 Å². The summed E-state index contributed by atoms with van der Waals surface area (Å²) in [6, 6.07) is 11.8. The number of carbonyl (C=O) groups is 2. The van der Waals surface area contributed by atoms with Crippen molar-refractivity contribution >= 4 is 17.5 Å². The Morgan fingerprint density at radius 1 is 0.966 bits per heavy atom. The molecule has 0 spiro atoms. The molecule has 29 heavy (non-hydrogen) atoms. The van der Waals surface area contributed by atoms with Gasteiger partial charge in [0.1, 0.15) is 5.69 Å². The Hall–Kier alpha value is -3.68. The van der Waals surface area contributed by atoms with Crippen LogP contribution in [-0.4, -0.2) is 16.8 Å². The number of hydrogen-bond donors (Lipinski definition) is 2. The van der Waals surface area contributed by atoms with Crippen molar-refractivity contribution in [2.45, 2.75) is 13.5 Å². The maximum atomic E-state index is 13.7. The van der Waals surface area contributed by atoms with E-state index in [0.29, 0.717) is 12.6 Å². The van der Waals surface area contributed by atoms with Crippen LogP contribution < -0.4 is 10.6 Å². The molecule has 0 bridgehead atoms. The smallest absolute Gasteiger partial charge is 0.274 e. The van der Waals surface area contributed by atoms with Crippen LogP contribution in [0, 0.1) is 24.4 Å². The first kappa shape index (κ1) is 20.1. The first-order chi connectivity index (χ1) is 13.8. The summed E-state index contributed by atoms with van der Waals surface area (Å²) >= 11 is 0. The van der Waals surface area contributed by atoms with Crippen molar-refractivity contribution in [3.05, 3.63) is 94.6 Å². The Bertz CT molecular complexity index is 1090. The van der Waals surface area contributed by atoms with Gasteiger partial charge in [-0.3, -0.25) is 14.6 Å². The molecule has 3 rings (SSSR count). The highest BCUT2D eigenvalue weighted by molar-refractivity contribution is 6.04. The number of halogens is 3. The second-order valence-corrected chi connectivity index (χ2v) is 6.28. The molecule has 2 N–H and O–H groups in total. The fraction of sp³-hybridized carbons (Fsp3) is 0.0952. The predicted octanol–water partition coefficient (Wildman–Crippen LogP) is 3.99. The lowest BCUT2D eigenvalue weighted by molar-refractivity contribution is 0.0950. The molecule has 0 saturated heterocycles. The monoisotopic (exact) mass is 399 g/mol. The van der Waals surface area contributed by atoms with Gasteiger partial charge in [0.25, 0.3) is 11.8 Å². The van der Waals surface area contributed by atoms with E-state index in [9.17, 15) is 22.8 Å². The molecule has 2 aromatic carbocycles. The Morgan fingerprint density at radius 3 is 2.52 bits per heavy atom. The number of pyridine rings is 1. The zero-order valence-corrected chi connectivity index (χ0v) is 15.3. The normalized spacial score (nSPS) is 10.5. The molecule has 3 aromatic rings. The van der Waals surface area contributed by atoms with Crippen LogP contribution in [0.3, 0.4) is 0 Å². The van der Waals surface area contributed by atoms with Crippen molar-refractivity contribution in [1.82, 2.24) is 10.3 Å². The zero-order valence-electron chi connectivity index (χ0n) is 15.3. The number of benzene rings is 2. The van der Waals surface area contributed by atoms with E-state index < -0.39 is 35.0 Å². The van der Waals surface area contributed by atoms with E-state index in [-0.39, 0.29) is 11.3 Å². The lowest BCUT2D eigenvalue weighted by Gasteiger charge is -2.09. The molecule has 5 nitrogen and oxygen atoms in total. The van der Waals surface area contributed by atoms with Crippen molar-refractivity contribution in [1.29, 1.82) is 0 Å². The van der Waals surface area contributed by atoms with Gasteiger partial charge in [0.15, 0.2) is 17.5 Å². The fourth-order valence-electron chi connectivity index (χ4n) is 2.61. The number of amides is 2. The zero-order chi connectivity index (χ0) is 21.0. The van der Waals surface area contributed by atoms with Crippen molar-refractivity contribution in [2.75, 3.05) is 5.32 Å². The van der Waals surface area contributed by atoms with Gasteiger partial charge in [0.05, 0.1) is 5.69 Å². The van der Waals surface area contributed by atoms with Crippen molar-refractivity contribution in [2.24, 2.45) is 0 Å². The molecule has 0 saturated carbocycles. The van der Waals surface area contributed by atoms with E-state index in [1.807, 2.05) is 31.2 Å². The first-order valence-electron chi connectivity index (χ1n) is 8.60. The molecule has 1 aromatic heterocycles. The fourth-order valence-corrected chi connectivity index (χ4v) is 2.61. The third-order valence-corrected chi connectivity index (χ3v) is 4.07. The van der Waals surface area contributed by atoms with E-state index in [1.54, 1.807) is 0 Å². The molecular formula is C21H16F3N3O2. The second kappa shape index (κ2) is 8.55. The summed E-state index contributed by atoms with van der Waals surface area (Å²) in [6.07, 6.45) is 1.25. The predicted molar refractivity (Wildman–Crippen MR) is 101 cm³/mol. The second-order valence-electron chi connectivity index (χ2n) is 6.28. The summed E-state index contributed by atoms with van der Waals surface area (Å²) in [7, 11) is 0. The van der Waals surface area contributed by atoms with E-state index in [4.69, 9.17) is 0 Å². The quantitative estimate of drug-likeness (QED) is 0.638. The van der Waals surface area contributed by atoms with Gasteiger partial charge in [-0.15, -0.1) is 0 Å². The van der Waals surface area contributed by atoms with E-state index in [2.05, 4.69) is 15.6 Å². The van der Waals surface area contributed by atoms with Gasteiger partial charge in [-0.2, -0.15) is 0 Å². The molecule has 0 atom stereocenters. The number of nitrogens with one attached hydrogen (secondary N) is 2. The molecule has 0 unspecified atom stereocenters. The minimum Gasteiger partial charge on any atom is -0.348 e. The maximum absolute atomic E-state index is 13.7. The van der Waals surface area contributed by atoms with Gasteiger partial charge in [0.2, 0.25) is 0 Å². The summed E-state index contributed by atoms with van der Waals surface area (Å²) in [6.45, 7) is 2.24. The number of rotatable bonds is 5. The van der Waals surface area contributed by atoms with Crippen LogP contribution in [0.1, 0.15) is 32.0 Å². The Kier molecular flexibility index (Phi) is 5.92. The average Bonchev–Trinajstić information content (AvgIpc) is 2.72. The Balaban J connectivity index is 1.70. The highest BCUT2D eigenvalue weighted by atomic mass is 19.2. The largest absolute Gasteiger partial charge is 0.348 e. The minimum atomic E-state index is -1.69. The summed E-state index contributed by atoms with van der Waals surface area (Å²) in [5.41, 5.74) is 1.43. The first-order valence-corrected chi connectivity index (χ1v) is 8.60. The maximum Gasteiger partial charge on any atom is 0.274 e. The standard InChI is InChI=1S/C21H16F3N3O2/c1-12-3-2-4-13(9-12)11-26-20(28)14-7-8-25-17(10-14)21(29)27-16-6-5-15(22)18(23)19(16)24/h2-10H,11H2,1H3,(H,26,28)(H,27,29). The van der Waals surface area contributed by atoms with Crippen LogP contribution in [0.2, 0.25) is 0 Å². The molecular weight excluding hydrogens is 383 g/mol. The SMILES string of the molecule is Cc1cccc(CNC(=O)c2ccnc(C(=O)Nc3ccc(F)c(F)c3F)c2)c1. The van der Waals surface area contributed by atoms with Crippen LogP contribution in [0.4, 0.5) is 18.9 Å². The van der Waals surface area contributed by atoms with Crippen LogP contribution in [0.15, 0.2) is 54.7 Å². The number of hydrogen-bond acceptors (Lipinski definition) is 3. The van der Waals surface area contributed by atoms with Crippen molar-refractivity contribution in [3.63, 3.8) is 0 Å². The van der Waals surface area contributed by atoms with Crippen LogP contribution in [-0.2, 0) is 6.54 Å². The molecule has 0 aliphatic heterocycles. The minimum absolute atomic E-state index is 0.170. The van der Waals surface area contributed by atoms with Gasteiger partial charge in [-0.25, -0.2) is 13.2 Å². The number of nitrogens with zero attached hydrogens (tertiary/aromatic N) is 1. The molecule has 0 aliphatic rings. The van der Waals surface area contributed by atoms with Crippen LogP contribution in [0.25, 0.3) is 0 Å². The molecule has 0 fully saturated rings. The highest BCUT2D eigenvalue weighted by Crippen LogP contribution is 2.20. The van der Waals surface area contributed by atoms with Crippen molar-refractivity contribution in [3.8, 4) is 0 Å². The molecule has 8 heteroatoms. The Labute approximate surface area is 164 Å². The Morgan fingerprint density at radius 2 is 1.76 bits per heavy atom. The topological polar surface area (TPSA) is 71.1 Å². The van der Waals surface area contributed by atoms with Gasteiger partial charge in [-0.1, -0.05) is 29.8 Å². The van der Waals surface area contributed by atoms with E-state index in [0.717, 1.165) is 17.2 Å². The lowest BCUT2D eigenvalue weighted by atomic mass is 10.1. The molecule has 2 amide bonds. The van der Waals surface area contributed by atoms with Crippen molar-refractivity contribution < 1.29 is 22.8 Å². The molecule has 0 radical (unpaired) electrons. The van der Waals surface area contributed by atoms with E-state index >= 15 is 0 Å². The number of aromatic nitrogens is 1. The van der Waals surface area contributed by atoms with Crippen LogP contribution >= 0.6 is 0 Å². The molecule has 148 valence electrons. The summed E-state index contributed by atoms with van der Waals surface area (Å²) in [5.74, 6) is -5.89. The van der Waals surface area contributed by atoms with Gasteiger partial charge in [-0.05, 0) is 36.8 Å². The highest BCUT2D eigenvalue weighted by Gasteiger charge is 2.17. The van der Waals surface area contributed by atoms with Gasteiger partial charge >= 0.3 is 0 Å². The summed E-state index contributed by atoms with van der Waals surface area (Å²) < 4.78 is 40.0. The third kappa shape index (κ3) is 4.78. The van der Waals surface area contributed by atoms with E-state index in [1.165, 1.54) is 18.3 Å². The number of carbonyl (C=O) groups excluding carboxylic acids is 2. The number of aryl methyl sites for hydroxylation is 1.